The summed E-state index contributed by atoms with van der Waals surface area (Å²) in [6.45, 7) is 10.9. The van der Waals surface area contributed by atoms with E-state index < -0.39 is 6.09 Å². The number of aromatic nitrogens is 1. The zero-order valence-corrected chi connectivity index (χ0v) is 19.5. The summed E-state index contributed by atoms with van der Waals surface area (Å²) < 4.78 is 22.5. The summed E-state index contributed by atoms with van der Waals surface area (Å²) in [7, 11) is 3.20. The Morgan fingerprint density at radius 1 is 1.25 bits per heavy atom. The van der Waals surface area contributed by atoms with E-state index in [1.165, 1.54) is 0 Å². The summed E-state index contributed by atoms with van der Waals surface area (Å²) in [6.07, 6.45) is 0.520. The van der Waals surface area contributed by atoms with Crippen molar-refractivity contribution in [2.45, 2.75) is 59.1 Å². The molecule has 1 atom stereocenters. The van der Waals surface area contributed by atoms with Crippen LogP contribution in [0.5, 0.6) is 11.6 Å². The van der Waals surface area contributed by atoms with Crippen LogP contribution >= 0.6 is 15.9 Å². The van der Waals surface area contributed by atoms with Gasteiger partial charge in [-0.05, 0) is 54.2 Å². The number of nitrogens with one attached hydrogen (secondary N) is 1. The summed E-state index contributed by atoms with van der Waals surface area (Å²) >= 11 is 3.49. The first-order valence-electron chi connectivity index (χ1n) is 9.41. The number of rotatable bonds is 10. The van der Waals surface area contributed by atoms with Crippen molar-refractivity contribution in [2.75, 3.05) is 27.4 Å². The molecule has 0 saturated carbocycles. The molecule has 1 rings (SSSR count). The molecular formula is C20H33BrN2O5. The number of hydrogen-bond acceptors (Lipinski definition) is 6. The molecule has 0 aliphatic rings. The molecule has 1 heterocycles. The van der Waals surface area contributed by atoms with E-state index in [1.807, 2.05) is 40.7 Å². The van der Waals surface area contributed by atoms with Gasteiger partial charge in [-0.25, -0.2) is 9.78 Å². The average molecular weight is 461 g/mol. The number of carbonyl (C=O) groups is 1. The normalized spacial score (nSPS) is 12.6. The van der Waals surface area contributed by atoms with Crippen LogP contribution in [-0.2, 0) is 15.9 Å². The highest BCUT2D eigenvalue weighted by Crippen LogP contribution is 2.31. The molecule has 0 aliphatic carbocycles. The predicted octanol–water partition coefficient (Wildman–Crippen LogP) is 4.36. The second kappa shape index (κ2) is 11.5. The lowest BCUT2D eigenvalue weighted by molar-refractivity contribution is 0.0660. The van der Waals surface area contributed by atoms with Crippen LogP contribution in [0.25, 0.3) is 0 Å². The molecule has 1 N–H and O–H groups in total. The first-order valence-corrected chi connectivity index (χ1v) is 10.2. The minimum atomic E-state index is -0.431. The fourth-order valence-electron chi connectivity index (χ4n) is 2.38. The van der Waals surface area contributed by atoms with Crippen molar-refractivity contribution < 1.29 is 23.7 Å². The fourth-order valence-corrected chi connectivity index (χ4v) is 2.81. The van der Waals surface area contributed by atoms with Gasteiger partial charge >= 0.3 is 6.09 Å². The largest absolute Gasteiger partial charge is 0.488 e. The van der Waals surface area contributed by atoms with E-state index in [2.05, 4.69) is 26.2 Å². The predicted molar refractivity (Wildman–Crippen MR) is 112 cm³/mol. The Morgan fingerprint density at radius 2 is 1.93 bits per heavy atom. The van der Waals surface area contributed by atoms with Gasteiger partial charge in [0, 0.05) is 32.1 Å². The smallest absolute Gasteiger partial charge is 0.407 e. The van der Waals surface area contributed by atoms with Gasteiger partial charge in [0.1, 0.15) is 10.7 Å². The Balaban J connectivity index is 2.94. The number of halogens is 1. The number of nitrogens with zero attached hydrogens (tertiary/aromatic N) is 1. The van der Waals surface area contributed by atoms with Crippen LogP contribution in [0.15, 0.2) is 10.7 Å². The molecule has 0 bridgehead atoms. The zero-order valence-electron chi connectivity index (χ0n) is 17.9. The SMILES string of the molecule is COCCCOc1cc(CC(OC(=O)NC(C)(C)C)C(C)C)c(Br)nc1OC. The van der Waals surface area contributed by atoms with Gasteiger partial charge in [0.2, 0.25) is 0 Å². The first-order chi connectivity index (χ1) is 13.1. The standard InChI is InChI=1S/C20H33BrN2O5/c1-13(2)15(28-19(24)23-20(3,4)5)11-14-12-16(27-10-8-9-25-6)18(26-7)22-17(14)21/h12-13,15H,8-11H2,1-7H3,(H,23,24). The summed E-state index contributed by atoms with van der Waals surface area (Å²) in [6, 6.07) is 1.88. The summed E-state index contributed by atoms with van der Waals surface area (Å²) in [5.74, 6) is 1.09. The molecule has 8 heteroatoms. The highest BCUT2D eigenvalue weighted by Gasteiger charge is 2.24. The summed E-state index contributed by atoms with van der Waals surface area (Å²) in [4.78, 5) is 16.6. The van der Waals surface area contributed by atoms with Crippen LogP contribution in [-0.4, -0.2) is 50.2 Å². The summed E-state index contributed by atoms with van der Waals surface area (Å²) in [5, 5.41) is 2.83. The molecule has 0 radical (unpaired) electrons. The van der Waals surface area contributed by atoms with Crippen molar-refractivity contribution in [1.29, 1.82) is 0 Å². The molecule has 28 heavy (non-hydrogen) atoms. The van der Waals surface area contributed by atoms with Gasteiger partial charge in [0.15, 0.2) is 5.75 Å². The number of alkyl carbamates (subject to hydrolysis) is 1. The molecule has 1 aromatic heterocycles. The number of amides is 1. The highest BCUT2D eigenvalue weighted by molar-refractivity contribution is 9.10. The van der Waals surface area contributed by atoms with Crippen LogP contribution in [0.2, 0.25) is 0 Å². The molecule has 0 aromatic carbocycles. The van der Waals surface area contributed by atoms with E-state index in [1.54, 1.807) is 14.2 Å². The van der Waals surface area contributed by atoms with Crippen LogP contribution in [0.3, 0.4) is 0 Å². The molecule has 160 valence electrons. The third kappa shape index (κ3) is 8.65. The van der Waals surface area contributed by atoms with Gasteiger partial charge in [-0.2, -0.15) is 0 Å². The van der Waals surface area contributed by atoms with Gasteiger partial charge in [-0.3, -0.25) is 0 Å². The summed E-state index contributed by atoms with van der Waals surface area (Å²) in [5.41, 5.74) is 0.522. The lowest BCUT2D eigenvalue weighted by Gasteiger charge is -2.26. The molecule has 0 saturated heterocycles. The number of ether oxygens (including phenoxy) is 4. The number of hydrogen-bond donors (Lipinski definition) is 1. The number of methoxy groups -OCH3 is 2. The van der Waals surface area contributed by atoms with Crippen LogP contribution < -0.4 is 14.8 Å². The maximum absolute atomic E-state index is 12.2. The van der Waals surface area contributed by atoms with Crippen LogP contribution in [0, 0.1) is 5.92 Å². The molecule has 0 aliphatic heterocycles. The molecule has 7 nitrogen and oxygen atoms in total. The van der Waals surface area contributed by atoms with Gasteiger partial charge in [0.25, 0.3) is 5.88 Å². The van der Waals surface area contributed by atoms with Crippen molar-refractivity contribution in [3.05, 3.63) is 16.2 Å². The molecule has 1 aromatic rings. The van der Waals surface area contributed by atoms with E-state index in [9.17, 15) is 4.79 Å². The molecule has 1 unspecified atom stereocenters. The van der Waals surface area contributed by atoms with Crippen molar-refractivity contribution >= 4 is 22.0 Å². The highest BCUT2D eigenvalue weighted by atomic mass is 79.9. The molecule has 0 fully saturated rings. The van der Waals surface area contributed by atoms with E-state index in [0.717, 1.165) is 12.0 Å². The number of pyridine rings is 1. The first kappa shape index (κ1) is 24.5. The van der Waals surface area contributed by atoms with Gasteiger partial charge < -0.3 is 24.3 Å². The van der Waals surface area contributed by atoms with Crippen molar-refractivity contribution in [2.24, 2.45) is 5.92 Å². The van der Waals surface area contributed by atoms with Crippen molar-refractivity contribution in [1.82, 2.24) is 10.3 Å². The maximum atomic E-state index is 12.2. The third-order valence-electron chi connectivity index (χ3n) is 3.82. The number of carbonyl (C=O) groups excluding carboxylic acids is 1. The van der Waals surface area contributed by atoms with E-state index in [4.69, 9.17) is 18.9 Å². The Morgan fingerprint density at radius 3 is 2.46 bits per heavy atom. The molecule has 0 spiro atoms. The van der Waals surface area contributed by atoms with Gasteiger partial charge in [-0.15, -0.1) is 0 Å². The second-order valence-corrected chi connectivity index (χ2v) is 8.66. The Hall–Kier alpha value is -1.54. The lowest BCUT2D eigenvalue weighted by atomic mass is 10.00. The van der Waals surface area contributed by atoms with Gasteiger partial charge in [-0.1, -0.05) is 13.8 Å². The average Bonchev–Trinajstić information content (AvgIpc) is 2.58. The second-order valence-electron chi connectivity index (χ2n) is 7.91. The quantitative estimate of drug-likeness (QED) is 0.412. The van der Waals surface area contributed by atoms with E-state index in [-0.39, 0.29) is 17.6 Å². The van der Waals surface area contributed by atoms with Crippen LogP contribution in [0.1, 0.15) is 46.6 Å². The third-order valence-corrected chi connectivity index (χ3v) is 4.51. The lowest BCUT2D eigenvalue weighted by Crippen LogP contribution is -2.43. The molecule has 1 amide bonds. The Kier molecular flexibility index (Phi) is 10.0. The fraction of sp³-hybridized carbons (Fsp3) is 0.700. The van der Waals surface area contributed by atoms with E-state index >= 15 is 0 Å². The minimum absolute atomic E-state index is 0.130. The maximum Gasteiger partial charge on any atom is 0.407 e. The Bertz CT molecular complexity index is 632. The van der Waals surface area contributed by atoms with Crippen LogP contribution in [0.4, 0.5) is 4.79 Å². The monoisotopic (exact) mass is 460 g/mol. The van der Waals surface area contributed by atoms with E-state index in [0.29, 0.717) is 35.9 Å². The Labute approximate surface area is 176 Å². The van der Waals surface area contributed by atoms with Crippen molar-refractivity contribution in [3.63, 3.8) is 0 Å². The van der Waals surface area contributed by atoms with Gasteiger partial charge in [0.05, 0.1) is 13.7 Å². The topological polar surface area (TPSA) is 78.9 Å². The molecular weight excluding hydrogens is 428 g/mol. The zero-order chi connectivity index (χ0) is 21.3. The minimum Gasteiger partial charge on any atom is -0.488 e. The van der Waals surface area contributed by atoms with Crippen molar-refractivity contribution in [3.8, 4) is 11.6 Å².